The first-order chi connectivity index (χ1) is 7.83. The van der Waals surface area contributed by atoms with E-state index in [1.54, 1.807) is 0 Å². The maximum Gasteiger partial charge on any atom is 0.220 e. The molecule has 0 bridgehead atoms. The van der Waals surface area contributed by atoms with Crippen LogP contribution in [0.25, 0.3) is 0 Å². The van der Waals surface area contributed by atoms with E-state index in [9.17, 15) is 4.79 Å². The van der Waals surface area contributed by atoms with Crippen molar-refractivity contribution in [2.45, 2.75) is 51.0 Å². The topological polar surface area (TPSA) is 61.4 Å². The zero-order valence-corrected chi connectivity index (χ0v) is 10.0. The lowest BCUT2D eigenvalue weighted by Crippen LogP contribution is -2.35. The molecule has 1 amide bonds. The Labute approximate surface area is 97.8 Å². The molecular weight excluding hydrogens is 204 g/mol. The molecular formula is C12H24N2O2. The van der Waals surface area contributed by atoms with Crippen LogP contribution in [-0.4, -0.2) is 36.8 Å². The van der Waals surface area contributed by atoms with Crippen molar-refractivity contribution in [2.75, 3.05) is 19.7 Å². The summed E-state index contributed by atoms with van der Waals surface area (Å²) in [5.74, 6) is 0.144. The highest BCUT2D eigenvalue weighted by molar-refractivity contribution is 5.75. The van der Waals surface area contributed by atoms with Gasteiger partial charge in [0.05, 0.1) is 0 Å². The quantitative estimate of drug-likeness (QED) is 0.565. The van der Waals surface area contributed by atoms with Crippen molar-refractivity contribution >= 4 is 5.91 Å². The van der Waals surface area contributed by atoms with Gasteiger partial charge in [-0.3, -0.25) is 4.79 Å². The molecule has 1 aliphatic heterocycles. The van der Waals surface area contributed by atoms with E-state index in [1.807, 2.05) is 0 Å². The second kappa shape index (κ2) is 8.53. The van der Waals surface area contributed by atoms with Gasteiger partial charge in [-0.15, -0.1) is 0 Å². The minimum Gasteiger partial charge on any atom is -0.396 e. The van der Waals surface area contributed by atoms with Gasteiger partial charge in [-0.25, -0.2) is 0 Å². The van der Waals surface area contributed by atoms with Gasteiger partial charge >= 0.3 is 0 Å². The molecule has 1 atom stereocenters. The second-order valence-corrected chi connectivity index (χ2v) is 4.47. The predicted octanol–water partition coefficient (Wildman–Crippen LogP) is 0.797. The van der Waals surface area contributed by atoms with Gasteiger partial charge < -0.3 is 15.7 Å². The van der Waals surface area contributed by atoms with Crippen molar-refractivity contribution < 1.29 is 9.90 Å². The molecule has 1 unspecified atom stereocenters. The number of carbonyl (C=O) groups is 1. The lowest BCUT2D eigenvalue weighted by Gasteiger charge is -2.23. The fraction of sp³-hybridized carbons (Fsp3) is 0.917. The van der Waals surface area contributed by atoms with Crippen LogP contribution in [0.2, 0.25) is 0 Å². The molecule has 0 saturated carbocycles. The number of aliphatic hydroxyl groups excluding tert-OH is 1. The fourth-order valence-corrected chi connectivity index (χ4v) is 2.03. The molecule has 0 aromatic heterocycles. The van der Waals surface area contributed by atoms with Crippen LogP contribution in [0.15, 0.2) is 0 Å². The second-order valence-electron chi connectivity index (χ2n) is 4.47. The van der Waals surface area contributed by atoms with Gasteiger partial charge in [-0.05, 0) is 38.6 Å². The SMILES string of the molecule is O=C(CCC1CCCCN1)NCCCCO. The zero-order chi connectivity index (χ0) is 11.6. The lowest BCUT2D eigenvalue weighted by molar-refractivity contribution is -0.121. The Bertz CT molecular complexity index is 191. The number of nitrogens with one attached hydrogen (secondary N) is 2. The summed E-state index contributed by atoms with van der Waals surface area (Å²) >= 11 is 0. The van der Waals surface area contributed by atoms with Gasteiger partial charge in [0.15, 0.2) is 0 Å². The van der Waals surface area contributed by atoms with Gasteiger partial charge in [0.1, 0.15) is 0 Å². The summed E-state index contributed by atoms with van der Waals surface area (Å²) in [7, 11) is 0. The first kappa shape index (κ1) is 13.5. The summed E-state index contributed by atoms with van der Waals surface area (Å²) < 4.78 is 0. The monoisotopic (exact) mass is 228 g/mol. The number of carbonyl (C=O) groups excluding carboxylic acids is 1. The fourth-order valence-electron chi connectivity index (χ4n) is 2.03. The van der Waals surface area contributed by atoms with Crippen LogP contribution in [0.5, 0.6) is 0 Å². The Kier molecular flexibility index (Phi) is 7.17. The number of amides is 1. The predicted molar refractivity (Wildman–Crippen MR) is 64.2 cm³/mol. The molecule has 1 fully saturated rings. The molecule has 3 N–H and O–H groups in total. The van der Waals surface area contributed by atoms with E-state index in [0.717, 1.165) is 25.8 Å². The third-order valence-corrected chi connectivity index (χ3v) is 3.04. The Balaban J connectivity index is 1.96. The largest absolute Gasteiger partial charge is 0.396 e. The van der Waals surface area contributed by atoms with E-state index in [1.165, 1.54) is 19.3 Å². The van der Waals surface area contributed by atoms with Crippen LogP contribution >= 0.6 is 0 Å². The molecule has 4 nitrogen and oxygen atoms in total. The van der Waals surface area contributed by atoms with Crippen molar-refractivity contribution in [3.05, 3.63) is 0 Å². The van der Waals surface area contributed by atoms with Gasteiger partial charge in [-0.2, -0.15) is 0 Å². The summed E-state index contributed by atoms with van der Waals surface area (Å²) in [6.45, 7) is 2.00. The van der Waals surface area contributed by atoms with Crippen LogP contribution in [-0.2, 0) is 4.79 Å². The molecule has 0 aromatic rings. The lowest BCUT2D eigenvalue weighted by atomic mass is 10.0. The van der Waals surface area contributed by atoms with Crippen LogP contribution < -0.4 is 10.6 Å². The first-order valence-electron chi connectivity index (χ1n) is 6.44. The van der Waals surface area contributed by atoms with Crippen LogP contribution in [0.4, 0.5) is 0 Å². The molecule has 1 aliphatic rings. The standard InChI is InChI=1S/C12H24N2O2/c15-10-4-3-9-14-12(16)7-6-11-5-1-2-8-13-11/h11,13,15H,1-10H2,(H,14,16). The Morgan fingerprint density at radius 1 is 1.38 bits per heavy atom. The van der Waals surface area contributed by atoms with Crippen LogP contribution in [0.1, 0.15) is 44.9 Å². The Morgan fingerprint density at radius 2 is 2.25 bits per heavy atom. The van der Waals surface area contributed by atoms with Crippen LogP contribution in [0, 0.1) is 0 Å². The minimum absolute atomic E-state index is 0.144. The summed E-state index contributed by atoms with van der Waals surface area (Å²) in [6, 6.07) is 0.539. The summed E-state index contributed by atoms with van der Waals surface area (Å²) in [6.07, 6.45) is 6.97. The molecule has 94 valence electrons. The maximum atomic E-state index is 11.4. The van der Waals surface area contributed by atoms with E-state index in [2.05, 4.69) is 10.6 Å². The zero-order valence-electron chi connectivity index (χ0n) is 10.0. The molecule has 4 heteroatoms. The average molecular weight is 228 g/mol. The van der Waals surface area contributed by atoms with Gasteiger partial charge in [0.2, 0.25) is 5.91 Å². The van der Waals surface area contributed by atoms with Crippen LogP contribution in [0.3, 0.4) is 0 Å². The molecule has 0 radical (unpaired) electrons. The van der Waals surface area contributed by atoms with Gasteiger partial charge in [0, 0.05) is 25.6 Å². The minimum atomic E-state index is 0.144. The third kappa shape index (κ3) is 6.08. The van der Waals surface area contributed by atoms with Crippen molar-refractivity contribution in [1.29, 1.82) is 0 Å². The number of hydrogen-bond acceptors (Lipinski definition) is 3. The smallest absolute Gasteiger partial charge is 0.220 e. The molecule has 16 heavy (non-hydrogen) atoms. The first-order valence-corrected chi connectivity index (χ1v) is 6.44. The highest BCUT2D eigenvalue weighted by Crippen LogP contribution is 2.11. The third-order valence-electron chi connectivity index (χ3n) is 3.04. The molecule has 0 spiro atoms. The Hall–Kier alpha value is -0.610. The maximum absolute atomic E-state index is 11.4. The highest BCUT2D eigenvalue weighted by Gasteiger charge is 2.13. The number of rotatable bonds is 7. The Morgan fingerprint density at radius 3 is 2.94 bits per heavy atom. The number of aliphatic hydroxyl groups is 1. The summed E-state index contributed by atoms with van der Waals surface area (Å²) in [5.41, 5.74) is 0. The number of piperidine rings is 1. The number of unbranched alkanes of at least 4 members (excludes halogenated alkanes) is 1. The van der Waals surface area contributed by atoms with E-state index < -0.39 is 0 Å². The van der Waals surface area contributed by atoms with Crippen molar-refractivity contribution in [2.24, 2.45) is 0 Å². The van der Waals surface area contributed by atoms with Crippen molar-refractivity contribution in [3.8, 4) is 0 Å². The summed E-state index contributed by atoms with van der Waals surface area (Å²) in [4.78, 5) is 11.4. The summed E-state index contributed by atoms with van der Waals surface area (Å²) in [5, 5.41) is 14.9. The van der Waals surface area contributed by atoms with E-state index in [4.69, 9.17) is 5.11 Å². The molecule has 1 rings (SSSR count). The molecule has 1 saturated heterocycles. The molecule has 1 heterocycles. The van der Waals surface area contributed by atoms with Gasteiger partial charge in [0.25, 0.3) is 0 Å². The number of hydrogen-bond donors (Lipinski definition) is 3. The highest BCUT2D eigenvalue weighted by atomic mass is 16.2. The average Bonchev–Trinajstić information content (AvgIpc) is 2.33. The van der Waals surface area contributed by atoms with Crippen molar-refractivity contribution in [3.63, 3.8) is 0 Å². The molecule has 0 aliphatic carbocycles. The molecule has 0 aromatic carbocycles. The van der Waals surface area contributed by atoms with E-state index >= 15 is 0 Å². The normalized spacial score (nSPS) is 20.7. The van der Waals surface area contributed by atoms with E-state index in [-0.39, 0.29) is 12.5 Å². The van der Waals surface area contributed by atoms with E-state index in [0.29, 0.717) is 19.0 Å². The van der Waals surface area contributed by atoms with Gasteiger partial charge in [-0.1, -0.05) is 6.42 Å². The van der Waals surface area contributed by atoms with Crippen molar-refractivity contribution in [1.82, 2.24) is 10.6 Å².